The van der Waals surface area contributed by atoms with E-state index in [0.717, 1.165) is 0 Å². The molecular formula is C10H17NOS. The molecule has 2 fully saturated rings. The molecule has 2 unspecified atom stereocenters. The third kappa shape index (κ3) is 1.71. The van der Waals surface area contributed by atoms with Crippen molar-refractivity contribution in [2.75, 3.05) is 0 Å². The quantitative estimate of drug-likeness (QED) is 0.652. The Bertz CT molecular complexity index is 221. The monoisotopic (exact) mass is 199 g/mol. The van der Waals surface area contributed by atoms with Crippen LogP contribution in [-0.4, -0.2) is 17.2 Å². The lowest BCUT2D eigenvalue weighted by molar-refractivity contribution is -0.120. The van der Waals surface area contributed by atoms with Gasteiger partial charge in [-0.1, -0.05) is 12.8 Å². The lowest BCUT2D eigenvalue weighted by Crippen LogP contribution is -2.33. The SMILES string of the molecule is CC(S)C(=O)NC1CC12CCCC2. The topological polar surface area (TPSA) is 29.1 Å². The van der Waals surface area contributed by atoms with Crippen LogP contribution in [0.15, 0.2) is 0 Å². The largest absolute Gasteiger partial charge is 0.352 e. The number of amides is 1. The van der Waals surface area contributed by atoms with E-state index >= 15 is 0 Å². The normalized spacial score (nSPS) is 31.7. The Hall–Kier alpha value is -0.180. The molecule has 13 heavy (non-hydrogen) atoms. The van der Waals surface area contributed by atoms with Crippen molar-refractivity contribution in [1.29, 1.82) is 0 Å². The van der Waals surface area contributed by atoms with E-state index in [9.17, 15) is 4.79 Å². The average Bonchev–Trinajstić information content (AvgIpc) is 2.54. The number of nitrogens with one attached hydrogen (secondary N) is 1. The fraction of sp³-hybridized carbons (Fsp3) is 0.900. The average molecular weight is 199 g/mol. The van der Waals surface area contributed by atoms with Gasteiger partial charge in [-0.2, -0.15) is 12.6 Å². The molecule has 0 aromatic carbocycles. The van der Waals surface area contributed by atoms with Gasteiger partial charge in [-0.15, -0.1) is 0 Å². The van der Waals surface area contributed by atoms with Crippen LogP contribution < -0.4 is 5.32 Å². The van der Waals surface area contributed by atoms with Gasteiger partial charge in [-0.3, -0.25) is 4.79 Å². The second-order valence-electron chi connectivity index (χ2n) is 4.51. The Balaban J connectivity index is 1.83. The molecule has 2 aliphatic carbocycles. The first-order valence-corrected chi connectivity index (χ1v) is 5.64. The first-order chi connectivity index (χ1) is 6.14. The molecule has 0 aliphatic heterocycles. The molecule has 74 valence electrons. The molecule has 1 amide bonds. The standard InChI is InChI=1S/C10H17NOS/c1-7(13)9(12)11-8-6-10(8)4-2-3-5-10/h7-8,13H,2-6H2,1H3,(H,11,12). The molecule has 3 heteroatoms. The Labute approximate surface area is 84.9 Å². The Morgan fingerprint density at radius 3 is 2.69 bits per heavy atom. The third-order valence-electron chi connectivity index (χ3n) is 3.48. The fourth-order valence-electron chi connectivity index (χ4n) is 2.48. The second-order valence-corrected chi connectivity index (χ2v) is 5.29. The van der Waals surface area contributed by atoms with Gasteiger partial charge in [0.25, 0.3) is 0 Å². The van der Waals surface area contributed by atoms with E-state index < -0.39 is 0 Å². The number of hydrogen-bond acceptors (Lipinski definition) is 2. The summed E-state index contributed by atoms with van der Waals surface area (Å²) in [5.74, 6) is 0.0945. The highest BCUT2D eigenvalue weighted by Crippen LogP contribution is 2.57. The van der Waals surface area contributed by atoms with E-state index in [1.165, 1.54) is 32.1 Å². The van der Waals surface area contributed by atoms with Gasteiger partial charge in [0.1, 0.15) is 0 Å². The first kappa shape index (κ1) is 9.38. The van der Waals surface area contributed by atoms with Crippen molar-refractivity contribution in [3.8, 4) is 0 Å². The molecule has 1 N–H and O–H groups in total. The van der Waals surface area contributed by atoms with Crippen LogP contribution in [0.3, 0.4) is 0 Å². The summed E-state index contributed by atoms with van der Waals surface area (Å²) in [4.78, 5) is 11.3. The first-order valence-electron chi connectivity index (χ1n) is 5.12. The summed E-state index contributed by atoms with van der Waals surface area (Å²) < 4.78 is 0. The molecule has 1 spiro atoms. The van der Waals surface area contributed by atoms with Gasteiger partial charge in [0, 0.05) is 6.04 Å². The Morgan fingerprint density at radius 2 is 2.15 bits per heavy atom. The molecule has 0 bridgehead atoms. The number of thiol groups is 1. The van der Waals surface area contributed by atoms with Crippen LogP contribution in [0.1, 0.15) is 39.0 Å². The fourth-order valence-corrected chi connectivity index (χ4v) is 2.55. The zero-order valence-electron chi connectivity index (χ0n) is 8.05. The maximum atomic E-state index is 11.3. The van der Waals surface area contributed by atoms with Crippen molar-refractivity contribution in [3.63, 3.8) is 0 Å². The van der Waals surface area contributed by atoms with Gasteiger partial charge in [-0.25, -0.2) is 0 Å². The van der Waals surface area contributed by atoms with Crippen molar-refractivity contribution >= 4 is 18.5 Å². The maximum Gasteiger partial charge on any atom is 0.232 e. The van der Waals surface area contributed by atoms with E-state index in [-0.39, 0.29) is 11.2 Å². The molecule has 2 atom stereocenters. The van der Waals surface area contributed by atoms with Crippen LogP contribution in [-0.2, 0) is 4.79 Å². The minimum atomic E-state index is -0.168. The van der Waals surface area contributed by atoms with Gasteiger partial charge in [0.05, 0.1) is 5.25 Å². The van der Waals surface area contributed by atoms with Gasteiger partial charge in [-0.05, 0) is 31.6 Å². The molecule has 2 saturated carbocycles. The van der Waals surface area contributed by atoms with Gasteiger partial charge in [0.2, 0.25) is 5.91 Å². The van der Waals surface area contributed by atoms with E-state index in [1.807, 2.05) is 6.92 Å². The zero-order chi connectivity index (χ0) is 9.47. The maximum absolute atomic E-state index is 11.3. The summed E-state index contributed by atoms with van der Waals surface area (Å²) >= 11 is 4.11. The molecule has 2 rings (SSSR count). The summed E-state index contributed by atoms with van der Waals surface area (Å²) in [6.07, 6.45) is 6.54. The van der Waals surface area contributed by atoms with Crippen LogP contribution in [0.2, 0.25) is 0 Å². The summed E-state index contributed by atoms with van der Waals surface area (Å²) in [6.45, 7) is 1.82. The Kier molecular flexibility index (Phi) is 2.30. The lowest BCUT2D eigenvalue weighted by Gasteiger charge is -2.10. The van der Waals surface area contributed by atoms with Crippen molar-refractivity contribution in [3.05, 3.63) is 0 Å². The summed E-state index contributed by atoms with van der Waals surface area (Å²) in [6, 6.07) is 0.470. The highest BCUT2D eigenvalue weighted by molar-refractivity contribution is 7.81. The van der Waals surface area contributed by atoms with Crippen LogP contribution in [0.5, 0.6) is 0 Å². The summed E-state index contributed by atoms with van der Waals surface area (Å²) in [5, 5.41) is 2.90. The predicted molar refractivity (Wildman–Crippen MR) is 55.9 cm³/mol. The second kappa shape index (κ2) is 3.19. The van der Waals surface area contributed by atoms with E-state index in [0.29, 0.717) is 11.5 Å². The van der Waals surface area contributed by atoms with Crippen LogP contribution in [0.4, 0.5) is 0 Å². The number of rotatable bonds is 2. The molecule has 2 nitrogen and oxygen atoms in total. The molecule has 0 aromatic rings. The van der Waals surface area contributed by atoms with Crippen LogP contribution in [0.25, 0.3) is 0 Å². The number of hydrogen-bond donors (Lipinski definition) is 2. The number of carbonyl (C=O) groups excluding carboxylic acids is 1. The predicted octanol–water partition coefficient (Wildman–Crippen LogP) is 1.75. The van der Waals surface area contributed by atoms with Gasteiger partial charge in [0.15, 0.2) is 0 Å². The van der Waals surface area contributed by atoms with E-state index in [1.54, 1.807) is 0 Å². The molecule has 0 radical (unpaired) electrons. The van der Waals surface area contributed by atoms with Gasteiger partial charge >= 0.3 is 0 Å². The van der Waals surface area contributed by atoms with E-state index in [4.69, 9.17) is 0 Å². The molecular weight excluding hydrogens is 182 g/mol. The highest BCUT2D eigenvalue weighted by Gasteiger charge is 2.55. The number of carbonyl (C=O) groups is 1. The van der Waals surface area contributed by atoms with Crippen LogP contribution in [0, 0.1) is 5.41 Å². The zero-order valence-corrected chi connectivity index (χ0v) is 8.94. The minimum Gasteiger partial charge on any atom is -0.352 e. The van der Waals surface area contributed by atoms with E-state index in [2.05, 4.69) is 17.9 Å². The molecule has 0 heterocycles. The van der Waals surface area contributed by atoms with Crippen molar-refractivity contribution < 1.29 is 4.79 Å². The van der Waals surface area contributed by atoms with Crippen molar-refractivity contribution in [2.45, 2.75) is 50.3 Å². The highest BCUT2D eigenvalue weighted by atomic mass is 32.1. The van der Waals surface area contributed by atoms with Crippen molar-refractivity contribution in [2.24, 2.45) is 5.41 Å². The molecule has 0 saturated heterocycles. The minimum absolute atomic E-state index is 0.0945. The molecule has 0 aromatic heterocycles. The third-order valence-corrected chi connectivity index (χ3v) is 3.72. The lowest BCUT2D eigenvalue weighted by atomic mass is 10.1. The summed E-state index contributed by atoms with van der Waals surface area (Å²) in [5.41, 5.74) is 0.512. The summed E-state index contributed by atoms with van der Waals surface area (Å²) in [7, 11) is 0. The van der Waals surface area contributed by atoms with Crippen LogP contribution >= 0.6 is 12.6 Å². The van der Waals surface area contributed by atoms with Crippen molar-refractivity contribution in [1.82, 2.24) is 5.32 Å². The smallest absolute Gasteiger partial charge is 0.232 e. The Morgan fingerprint density at radius 1 is 1.54 bits per heavy atom. The van der Waals surface area contributed by atoms with Gasteiger partial charge < -0.3 is 5.32 Å². The molecule has 2 aliphatic rings.